The van der Waals surface area contributed by atoms with Crippen LogP contribution in [-0.4, -0.2) is 35.4 Å². The number of rotatable bonds is 5. The third kappa shape index (κ3) is 3.40. The van der Waals surface area contributed by atoms with Gasteiger partial charge in [-0.05, 0) is 30.8 Å². The fraction of sp³-hybridized carbons (Fsp3) is 0.214. The van der Waals surface area contributed by atoms with Crippen molar-refractivity contribution < 1.29 is 29.0 Å². The summed E-state index contributed by atoms with van der Waals surface area (Å²) in [7, 11) is 1.42. The van der Waals surface area contributed by atoms with Gasteiger partial charge in [0.1, 0.15) is 0 Å². The molecule has 8 heteroatoms. The molecule has 0 aliphatic carbocycles. The van der Waals surface area contributed by atoms with Gasteiger partial charge in [0.2, 0.25) is 0 Å². The van der Waals surface area contributed by atoms with Crippen LogP contribution in [0.25, 0.3) is 6.08 Å². The monoisotopic (exact) mass is 323 g/mol. The maximum atomic E-state index is 11.6. The molecule has 2 rings (SSSR count). The zero-order valence-electron chi connectivity index (χ0n) is 11.8. The van der Waals surface area contributed by atoms with Crippen molar-refractivity contribution in [3.05, 3.63) is 28.7 Å². The Morgan fingerprint density at radius 3 is 2.68 bits per heavy atom. The fourth-order valence-electron chi connectivity index (χ4n) is 1.72. The number of carbonyl (C=O) groups is 3. The van der Waals surface area contributed by atoms with Crippen LogP contribution in [0.2, 0.25) is 0 Å². The lowest BCUT2D eigenvalue weighted by molar-refractivity contribution is -0.144. The molecular formula is C14H13NO6S. The van der Waals surface area contributed by atoms with Crippen LogP contribution in [0.15, 0.2) is 23.1 Å². The highest BCUT2D eigenvalue weighted by atomic mass is 32.2. The lowest BCUT2D eigenvalue weighted by atomic mass is 10.1. The number of imide groups is 1. The van der Waals surface area contributed by atoms with Crippen molar-refractivity contribution in [1.29, 1.82) is 0 Å². The summed E-state index contributed by atoms with van der Waals surface area (Å²) < 4.78 is 10.6. The second-order valence-electron chi connectivity index (χ2n) is 4.33. The second kappa shape index (κ2) is 6.52. The van der Waals surface area contributed by atoms with E-state index in [0.29, 0.717) is 11.3 Å². The average Bonchev–Trinajstić information content (AvgIpc) is 2.78. The molecule has 1 aliphatic heterocycles. The number of amides is 2. The van der Waals surface area contributed by atoms with Gasteiger partial charge in [0.15, 0.2) is 17.6 Å². The Kier molecular flexibility index (Phi) is 4.71. The third-order valence-electron chi connectivity index (χ3n) is 2.80. The Morgan fingerprint density at radius 2 is 2.14 bits per heavy atom. The molecule has 0 radical (unpaired) electrons. The summed E-state index contributed by atoms with van der Waals surface area (Å²) in [5.41, 5.74) is 0.444. The van der Waals surface area contributed by atoms with Crippen LogP contribution in [0.3, 0.4) is 0 Å². The molecule has 1 fully saturated rings. The molecule has 7 nitrogen and oxygen atoms in total. The van der Waals surface area contributed by atoms with E-state index in [2.05, 4.69) is 5.32 Å². The Balaban J connectivity index is 2.43. The van der Waals surface area contributed by atoms with Crippen LogP contribution < -0.4 is 14.8 Å². The molecule has 1 aromatic carbocycles. The highest BCUT2D eigenvalue weighted by molar-refractivity contribution is 8.18. The Morgan fingerprint density at radius 1 is 1.41 bits per heavy atom. The van der Waals surface area contributed by atoms with E-state index in [1.165, 1.54) is 20.1 Å². The molecule has 2 N–H and O–H groups in total. The van der Waals surface area contributed by atoms with Crippen LogP contribution in [0.4, 0.5) is 4.79 Å². The predicted octanol–water partition coefficient (Wildman–Crippen LogP) is 1.87. The number of benzene rings is 1. The summed E-state index contributed by atoms with van der Waals surface area (Å²) in [4.78, 5) is 33.9. The summed E-state index contributed by atoms with van der Waals surface area (Å²) in [6.45, 7) is 1.38. The van der Waals surface area contributed by atoms with Crippen molar-refractivity contribution >= 4 is 35.0 Å². The quantitative estimate of drug-likeness (QED) is 0.797. The number of nitrogens with one attached hydrogen (secondary N) is 1. The minimum atomic E-state index is -1.13. The van der Waals surface area contributed by atoms with E-state index >= 15 is 0 Å². The standard InChI is InChI=1S/C14H13NO6S/c1-7(13(17)18)21-11-8(4-3-5-9(11)20-2)6-10-12(16)15-14(19)22-10/h3-7H,1-2H3,(H,17,18)(H,15,16,19). The highest BCUT2D eigenvalue weighted by Crippen LogP contribution is 2.35. The Bertz CT molecular complexity index is 669. The number of hydrogen-bond donors (Lipinski definition) is 2. The molecule has 1 aliphatic rings. The average molecular weight is 323 g/mol. The topological polar surface area (TPSA) is 102 Å². The number of methoxy groups -OCH3 is 1. The van der Waals surface area contributed by atoms with Gasteiger partial charge in [-0.1, -0.05) is 12.1 Å². The van der Waals surface area contributed by atoms with Crippen LogP contribution in [-0.2, 0) is 9.59 Å². The molecule has 0 bridgehead atoms. The van der Waals surface area contributed by atoms with Crippen LogP contribution in [0.5, 0.6) is 11.5 Å². The largest absolute Gasteiger partial charge is 0.493 e. The van der Waals surface area contributed by atoms with E-state index in [1.807, 2.05) is 0 Å². The maximum Gasteiger partial charge on any atom is 0.344 e. The van der Waals surface area contributed by atoms with E-state index in [0.717, 1.165) is 11.8 Å². The number of carbonyl (C=O) groups excluding carboxylic acids is 2. The molecule has 2 amide bonds. The third-order valence-corrected chi connectivity index (χ3v) is 3.61. The molecule has 0 aromatic heterocycles. The van der Waals surface area contributed by atoms with Gasteiger partial charge in [0.05, 0.1) is 12.0 Å². The zero-order valence-corrected chi connectivity index (χ0v) is 12.6. The summed E-state index contributed by atoms with van der Waals surface area (Å²) in [6.07, 6.45) is 0.359. The molecule has 1 aromatic rings. The first kappa shape index (κ1) is 15.9. The van der Waals surface area contributed by atoms with Crippen molar-refractivity contribution in [2.45, 2.75) is 13.0 Å². The zero-order chi connectivity index (χ0) is 16.3. The van der Waals surface area contributed by atoms with E-state index in [1.54, 1.807) is 18.2 Å². The molecule has 116 valence electrons. The highest BCUT2D eigenvalue weighted by Gasteiger charge is 2.26. The molecule has 1 atom stereocenters. The number of carboxylic acid groups (broad SMARTS) is 1. The summed E-state index contributed by atoms with van der Waals surface area (Å²) >= 11 is 0.765. The number of thioether (sulfide) groups is 1. The lowest BCUT2D eigenvalue weighted by Crippen LogP contribution is -2.23. The Hall–Kier alpha value is -2.48. The molecule has 1 unspecified atom stereocenters. The molecule has 1 saturated heterocycles. The molecule has 22 heavy (non-hydrogen) atoms. The summed E-state index contributed by atoms with van der Waals surface area (Å²) in [5, 5.41) is 10.7. The number of aliphatic carboxylic acids is 1. The van der Waals surface area contributed by atoms with E-state index < -0.39 is 23.2 Å². The molecule has 1 heterocycles. The lowest BCUT2D eigenvalue weighted by Gasteiger charge is -2.16. The van der Waals surface area contributed by atoms with Crippen molar-refractivity contribution in [1.82, 2.24) is 5.32 Å². The first-order valence-electron chi connectivity index (χ1n) is 6.23. The minimum Gasteiger partial charge on any atom is -0.493 e. The van der Waals surface area contributed by atoms with Gasteiger partial charge in [-0.2, -0.15) is 0 Å². The predicted molar refractivity (Wildman–Crippen MR) is 79.8 cm³/mol. The van der Waals surface area contributed by atoms with E-state index in [4.69, 9.17) is 14.6 Å². The first-order valence-corrected chi connectivity index (χ1v) is 7.05. The normalized spacial score (nSPS) is 17.3. The Labute approximate surface area is 130 Å². The van der Waals surface area contributed by atoms with Crippen LogP contribution >= 0.6 is 11.8 Å². The van der Waals surface area contributed by atoms with Gasteiger partial charge in [-0.3, -0.25) is 14.9 Å². The van der Waals surface area contributed by atoms with Gasteiger partial charge < -0.3 is 14.6 Å². The van der Waals surface area contributed by atoms with Gasteiger partial charge in [0.25, 0.3) is 11.1 Å². The van der Waals surface area contributed by atoms with Gasteiger partial charge in [0, 0.05) is 5.56 Å². The smallest absolute Gasteiger partial charge is 0.344 e. The number of hydrogen-bond acceptors (Lipinski definition) is 6. The molecule has 0 saturated carbocycles. The van der Waals surface area contributed by atoms with E-state index in [-0.39, 0.29) is 10.7 Å². The molecular weight excluding hydrogens is 310 g/mol. The fourth-order valence-corrected chi connectivity index (χ4v) is 2.40. The van der Waals surface area contributed by atoms with Crippen molar-refractivity contribution in [2.24, 2.45) is 0 Å². The number of para-hydroxylation sites is 1. The SMILES string of the molecule is COc1cccc(C=C2SC(=O)NC2=O)c1OC(C)C(=O)O. The van der Waals surface area contributed by atoms with Gasteiger partial charge in [-0.25, -0.2) is 4.79 Å². The molecule has 0 spiro atoms. The second-order valence-corrected chi connectivity index (χ2v) is 5.34. The van der Waals surface area contributed by atoms with Gasteiger partial charge >= 0.3 is 5.97 Å². The van der Waals surface area contributed by atoms with Crippen LogP contribution in [0, 0.1) is 0 Å². The first-order chi connectivity index (χ1) is 10.4. The number of carboxylic acids is 1. The minimum absolute atomic E-state index is 0.195. The van der Waals surface area contributed by atoms with Crippen molar-refractivity contribution in [3.8, 4) is 11.5 Å². The summed E-state index contributed by atoms with van der Waals surface area (Å²) in [6, 6.07) is 4.91. The maximum absolute atomic E-state index is 11.6. The van der Waals surface area contributed by atoms with Crippen molar-refractivity contribution in [3.63, 3.8) is 0 Å². The van der Waals surface area contributed by atoms with Crippen molar-refractivity contribution in [2.75, 3.05) is 7.11 Å². The van der Waals surface area contributed by atoms with Gasteiger partial charge in [-0.15, -0.1) is 0 Å². The van der Waals surface area contributed by atoms with E-state index in [9.17, 15) is 14.4 Å². The van der Waals surface area contributed by atoms with Crippen LogP contribution in [0.1, 0.15) is 12.5 Å². The summed E-state index contributed by atoms with van der Waals surface area (Å²) in [5.74, 6) is -1.11. The number of ether oxygens (including phenoxy) is 2.